The molecule has 0 radical (unpaired) electrons. The molecule has 0 aliphatic rings. The number of hydrogen-bond donors (Lipinski definition) is 1. The zero-order chi connectivity index (χ0) is 7.40. The highest BCUT2D eigenvalue weighted by molar-refractivity contribution is 7.71. The summed E-state index contributed by atoms with van der Waals surface area (Å²) in [6.07, 6.45) is 1.61. The molecule has 3 nitrogen and oxygen atoms in total. The van der Waals surface area contributed by atoms with Gasteiger partial charge in [-0.25, -0.2) is 4.98 Å². The molecule has 0 aromatic carbocycles. The first-order valence-electron chi connectivity index (χ1n) is 3.01. The summed E-state index contributed by atoms with van der Waals surface area (Å²) in [5.74, 6) is 0.669. The molecule has 0 bridgehead atoms. The van der Waals surface area contributed by atoms with E-state index in [1.54, 1.807) is 12.3 Å². The molecule has 0 atom stereocenters. The molecule has 10 heavy (non-hydrogen) atoms. The molecule has 0 fully saturated rings. The van der Waals surface area contributed by atoms with Gasteiger partial charge in [0.1, 0.15) is 0 Å². The van der Waals surface area contributed by atoms with Crippen molar-refractivity contribution in [2.24, 2.45) is 0 Å². The van der Waals surface area contributed by atoms with Gasteiger partial charge in [0.25, 0.3) is 0 Å². The van der Waals surface area contributed by atoms with Crippen LogP contribution in [0.5, 0.6) is 5.88 Å². The van der Waals surface area contributed by atoms with Crippen molar-refractivity contribution in [2.75, 3.05) is 6.61 Å². The molecule has 0 aliphatic heterocycles. The van der Waals surface area contributed by atoms with Crippen LogP contribution in [0.25, 0.3) is 0 Å². The Labute approximate surface area is 64.1 Å². The predicted molar refractivity (Wildman–Crippen MR) is 40.6 cm³/mol. The molecule has 0 spiro atoms. The van der Waals surface area contributed by atoms with E-state index in [2.05, 4.69) is 9.97 Å². The van der Waals surface area contributed by atoms with Gasteiger partial charge in [-0.1, -0.05) is 0 Å². The largest absolute Gasteiger partial charge is 0.479 e. The van der Waals surface area contributed by atoms with Crippen molar-refractivity contribution in [3.8, 4) is 5.88 Å². The summed E-state index contributed by atoms with van der Waals surface area (Å²) in [5, 5.41) is 0. The third kappa shape index (κ3) is 1.80. The number of aromatic nitrogens is 2. The topological polar surface area (TPSA) is 37.9 Å². The fourth-order valence-electron chi connectivity index (χ4n) is 0.592. The van der Waals surface area contributed by atoms with Crippen molar-refractivity contribution in [3.05, 3.63) is 17.0 Å². The summed E-state index contributed by atoms with van der Waals surface area (Å²) in [4.78, 5) is 6.59. The van der Waals surface area contributed by atoms with Gasteiger partial charge >= 0.3 is 0 Å². The molecule has 0 aliphatic carbocycles. The van der Waals surface area contributed by atoms with Crippen LogP contribution in [0.3, 0.4) is 0 Å². The fourth-order valence-corrected chi connectivity index (χ4v) is 0.753. The van der Waals surface area contributed by atoms with Crippen LogP contribution in [-0.4, -0.2) is 16.6 Å². The van der Waals surface area contributed by atoms with Crippen molar-refractivity contribution in [1.29, 1.82) is 0 Å². The van der Waals surface area contributed by atoms with E-state index < -0.39 is 0 Å². The maximum absolute atomic E-state index is 5.12. The van der Waals surface area contributed by atoms with E-state index in [0.29, 0.717) is 17.3 Å². The molecular weight excluding hydrogens is 148 g/mol. The molecule has 1 aromatic heterocycles. The van der Waals surface area contributed by atoms with Gasteiger partial charge in [0.2, 0.25) is 0 Å². The molecule has 1 N–H and O–H groups in total. The number of aromatic amines is 1. The first kappa shape index (κ1) is 7.21. The second-order valence-electron chi connectivity index (χ2n) is 1.67. The lowest BCUT2D eigenvalue weighted by Crippen LogP contribution is -1.94. The van der Waals surface area contributed by atoms with E-state index in [9.17, 15) is 0 Å². The third-order valence-corrected chi connectivity index (χ3v) is 1.16. The van der Waals surface area contributed by atoms with Gasteiger partial charge in [-0.2, -0.15) is 0 Å². The Morgan fingerprint density at radius 2 is 2.60 bits per heavy atom. The number of ether oxygens (including phenoxy) is 1. The molecule has 1 aromatic rings. The van der Waals surface area contributed by atoms with E-state index in [0.717, 1.165) is 0 Å². The van der Waals surface area contributed by atoms with Gasteiger partial charge in [0.15, 0.2) is 10.7 Å². The minimum atomic E-state index is 0.450. The number of nitrogens with one attached hydrogen (secondary N) is 1. The number of nitrogens with zero attached hydrogens (tertiary/aromatic N) is 1. The lowest BCUT2D eigenvalue weighted by Gasteiger charge is -1.99. The van der Waals surface area contributed by atoms with Gasteiger partial charge in [-0.15, -0.1) is 0 Å². The molecule has 0 unspecified atom stereocenters. The minimum Gasteiger partial charge on any atom is -0.479 e. The summed E-state index contributed by atoms with van der Waals surface area (Å²) in [6.45, 7) is 2.55. The number of H-pyrrole nitrogens is 1. The van der Waals surface area contributed by atoms with Crippen molar-refractivity contribution in [3.63, 3.8) is 0 Å². The third-order valence-electron chi connectivity index (χ3n) is 0.948. The van der Waals surface area contributed by atoms with Gasteiger partial charge in [0.05, 0.1) is 6.61 Å². The van der Waals surface area contributed by atoms with Crippen LogP contribution in [0.2, 0.25) is 0 Å². The summed E-state index contributed by atoms with van der Waals surface area (Å²) in [5.41, 5.74) is 0. The predicted octanol–water partition coefficient (Wildman–Crippen LogP) is 1.54. The molecule has 1 rings (SSSR count). The van der Waals surface area contributed by atoms with E-state index >= 15 is 0 Å². The SMILES string of the molecule is CCOc1ccnc(=S)[nH]1. The Morgan fingerprint density at radius 1 is 1.80 bits per heavy atom. The number of rotatable bonds is 2. The summed E-state index contributed by atoms with van der Waals surface area (Å²) in [7, 11) is 0. The lowest BCUT2D eigenvalue weighted by molar-refractivity contribution is 0.325. The van der Waals surface area contributed by atoms with Gasteiger partial charge in [-0.05, 0) is 19.1 Å². The Hall–Kier alpha value is -0.900. The van der Waals surface area contributed by atoms with E-state index in [1.807, 2.05) is 6.92 Å². The Kier molecular flexibility index (Phi) is 2.39. The van der Waals surface area contributed by atoms with E-state index in [4.69, 9.17) is 17.0 Å². The monoisotopic (exact) mass is 156 g/mol. The molecule has 4 heteroatoms. The number of hydrogen-bond acceptors (Lipinski definition) is 3. The second kappa shape index (κ2) is 3.31. The average molecular weight is 156 g/mol. The molecule has 0 saturated heterocycles. The van der Waals surface area contributed by atoms with Crippen LogP contribution >= 0.6 is 12.2 Å². The molecule has 1 heterocycles. The van der Waals surface area contributed by atoms with Crippen LogP contribution < -0.4 is 4.74 Å². The highest BCUT2D eigenvalue weighted by atomic mass is 32.1. The zero-order valence-electron chi connectivity index (χ0n) is 5.63. The summed E-state index contributed by atoms with van der Waals surface area (Å²) in [6, 6.07) is 1.74. The summed E-state index contributed by atoms with van der Waals surface area (Å²) < 4.78 is 5.57. The first-order valence-corrected chi connectivity index (χ1v) is 3.42. The van der Waals surface area contributed by atoms with Crippen molar-refractivity contribution in [1.82, 2.24) is 9.97 Å². The van der Waals surface area contributed by atoms with Gasteiger partial charge in [0, 0.05) is 12.3 Å². The first-order chi connectivity index (χ1) is 4.83. The van der Waals surface area contributed by atoms with E-state index in [-0.39, 0.29) is 0 Å². The maximum Gasteiger partial charge on any atom is 0.199 e. The maximum atomic E-state index is 5.12. The highest BCUT2D eigenvalue weighted by Crippen LogP contribution is 2.01. The average Bonchev–Trinajstić information content (AvgIpc) is 1.88. The minimum absolute atomic E-state index is 0.450. The Balaban J connectivity index is 2.85. The van der Waals surface area contributed by atoms with Crippen LogP contribution in [0.15, 0.2) is 12.3 Å². The van der Waals surface area contributed by atoms with Crippen molar-refractivity contribution in [2.45, 2.75) is 6.92 Å². The van der Waals surface area contributed by atoms with Crippen LogP contribution in [0.4, 0.5) is 0 Å². The van der Waals surface area contributed by atoms with Crippen molar-refractivity contribution < 1.29 is 4.74 Å². The quantitative estimate of drug-likeness (QED) is 0.660. The standard InChI is InChI=1S/C6H8N2OS/c1-2-9-5-3-4-7-6(10)8-5/h3-4H,2H2,1H3,(H,7,8,10). The second-order valence-corrected chi connectivity index (χ2v) is 2.06. The highest BCUT2D eigenvalue weighted by Gasteiger charge is 1.87. The fraction of sp³-hybridized carbons (Fsp3) is 0.333. The Bertz CT molecular complexity index is 258. The van der Waals surface area contributed by atoms with Crippen LogP contribution in [-0.2, 0) is 0 Å². The van der Waals surface area contributed by atoms with Crippen LogP contribution in [0, 0.1) is 4.77 Å². The molecule has 54 valence electrons. The zero-order valence-corrected chi connectivity index (χ0v) is 6.44. The normalized spacial score (nSPS) is 9.30. The summed E-state index contributed by atoms with van der Waals surface area (Å²) >= 11 is 4.77. The Morgan fingerprint density at radius 3 is 3.20 bits per heavy atom. The molecule has 0 amide bonds. The van der Waals surface area contributed by atoms with E-state index in [1.165, 1.54) is 0 Å². The van der Waals surface area contributed by atoms with Gasteiger partial charge in [-0.3, -0.25) is 0 Å². The lowest BCUT2D eigenvalue weighted by atomic mass is 10.6. The van der Waals surface area contributed by atoms with Gasteiger partial charge < -0.3 is 9.72 Å². The smallest absolute Gasteiger partial charge is 0.199 e. The molecular formula is C6H8N2OS. The van der Waals surface area contributed by atoms with Crippen LogP contribution in [0.1, 0.15) is 6.92 Å². The van der Waals surface area contributed by atoms with Crippen molar-refractivity contribution >= 4 is 12.2 Å². The molecule has 0 saturated carbocycles.